The lowest BCUT2D eigenvalue weighted by atomic mass is 9.99. The van der Waals surface area contributed by atoms with Crippen LogP contribution < -0.4 is 10.9 Å². The molecule has 2 aromatic heterocycles. The Morgan fingerprint density at radius 1 is 1.35 bits per heavy atom. The minimum absolute atomic E-state index is 0.0335. The summed E-state index contributed by atoms with van der Waals surface area (Å²) in [5, 5.41) is 14.7. The lowest BCUT2D eigenvalue weighted by molar-refractivity contribution is -0.161. The van der Waals surface area contributed by atoms with Crippen LogP contribution in [0.5, 0.6) is 0 Å². The lowest BCUT2D eigenvalue weighted by Gasteiger charge is -2.19. The van der Waals surface area contributed by atoms with Crippen LogP contribution in [-0.2, 0) is 0 Å². The van der Waals surface area contributed by atoms with Crippen molar-refractivity contribution in [3.8, 4) is 11.4 Å². The SMILES string of the molecule is CC(C)c1c(C(=O)NC(CO)C(F)(F)F)cn2nc(-c3ccc(Cl)c(F)c3)[nH]c(=O)c12. The first kappa shape index (κ1) is 22.8. The minimum Gasteiger partial charge on any atom is -0.394 e. The maximum Gasteiger partial charge on any atom is 0.410 e. The van der Waals surface area contributed by atoms with Gasteiger partial charge in [0.25, 0.3) is 11.5 Å². The van der Waals surface area contributed by atoms with Crippen LogP contribution in [0.25, 0.3) is 16.9 Å². The van der Waals surface area contributed by atoms with Crippen LogP contribution in [-0.4, -0.2) is 44.4 Å². The Bertz CT molecular complexity index is 1200. The summed E-state index contributed by atoms with van der Waals surface area (Å²) in [7, 11) is 0. The van der Waals surface area contributed by atoms with Gasteiger partial charge in [-0.1, -0.05) is 25.4 Å². The third-order valence-electron chi connectivity index (χ3n) is 4.58. The summed E-state index contributed by atoms with van der Waals surface area (Å²) in [6.07, 6.45) is -3.74. The largest absolute Gasteiger partial charge is 0.410 e. The highest BCUT2D eigenvalue weighted by molar-refractivity contribution is 6.30. The molecule has 0 saturated heterocycles. The summed E-state index contributed by atoms with van der Waals surface area (Å²) < 4.78 is 53.7. The summed E-state index contributed by atoms with van der Waals surface area (Å²) >= 11 is 5.66. The molecule has 0 saturated carbocycles. The summed E-state index contributed by atoms with van der Waals surface area (Å²) in [6, 6.07) is 1.28. The molecule has 7 nitrogen and oxygen atoms in total. The Labute approximate surface area is 177 Å². The first-order valence-corrected chi connectivity index (χ1v) is 9.41. The molecule has 3 aromatic rings. The van der Waals surface area contributed by atoms with E-state index in [-0.39, 0.29) is 33.1 Å². The lowest BCUT2D eigenvalue weighted by Crippen LogP contribution is -2.47. The van der Waals surface area contributed by atoms with E-state index in [2.05, 4.69) is 10.1 Å². The number of aromatic nitrogens is 3. The number of aromatic amines is 1. The van der Waals surface area contributed by atoms with Crippen molar-refractivity contribution in [1.82, 2.24) is 19.9 Å². The van der Waals surface area contributed by atoms with E-state index >= 15 is 0 Å². The number of alkyl halides is 3. The van der Waals surface area contributed by atoms with Gasteiger partial charge in [-0.2, -0.15) is 13.2 Å². The quantitative estimate of drug-likeness (QED) is 0.509. The van der Waals surface area contributed by atoms with Crippen molar-refractivity contribution in [2.45, 2.75) is 32.0 Å². The highest BCUT2D eigenvalue weighted by Crippen LogP contribution is 2.27. The smallest absolute Gasteiger partial charge is 0.394 e. The first-order chi connectivity index (χ1) is 14.4. The maximum absolute atomic E-state index is 13.8. The number of carbonyl (C=O) groups excluding carboxylic acids is 1. The topological polar surface area (TPSA) is 99.5 Å². The van der Waals surface area contributed by atoms with Gasteiger partial charge in [-0.3, -0.25) is 9.59 Å². The van der Waals surface area contributed by atoms with E-state index in [0.717, 1.165) is 16.8 Å². The fourth-order valence-corrected chi connectivity index (χ4v) is 3.24. The number of H-pyrrole nitrogens is 1. The highest BCUT2D eigenvalue weighted by atomic mass is 35.5. The van der Waals surface area contributed by atoms with E-state index in [9.17, 15) is 27.2 Å². The molecule has 1 amide bonds. The second kappa shape index (κ2) is 8.31. The maximum atomic E-state index is 13.8. The average molecular weight is 461 g/mol. The van der Waals surface area contributed by atoms with Crippen molar-refractivity contribution in [2.75, 3.05) is 6.61 Å². The number of hydrogen-bond donors (Lipinski definition) is 3. The van der Waals surface area contributed by atoms with Crippen molar-refractivity contribution in [2.24, 2.45) is 0 Å². The van der Waals surface area contributed by atoms with Gasteiger partial charge in [0.15, 0.2) is 5.82 Å². The molecule has 12 heteroatoms. The van der Waals surface area contributed by atoms with Crippen LogP contribution in [0.1, 0.15) is 35.7 Å². The number of rotatable bonds is 5. The molecular weight excluding hydrogens is 444 g/mol. The summed E-state index contributed by atoms with van der Waals surface area (Å²) in [6.45, 7) is 1.97. The fraction of sp³-hybridized carbons (Fsp3) is 0.316. The van der Waals surface area contributed by atoms with Crippen LogP contribution in [0.2, 0.25) is 5.02 Å². The van der Waals surface area contributed by atoms with Crippen LogP contribution in [0, 0.1) is 5.82 Å². The molecule has 0 radical (unpaired) electrons. The van der Waals surface area contributed by atoms with Gasteiger partial charge in [0.1, 0.15) is 17.4 Å². The zero-order valence-electron chi connectivity index (χ0n) is 16.2. The van der Waals surface area contributed by atoms with Gasteiger partial charge in [0.05, 0.1) is 17.2 Å². The van der Waals surface area contributed by atoms with E-state index < -0.39 is 42.0 Å². The molecule has 2 heterocycles. The van der Waals surface area contributed by atoms with Crippen molar-refractivity contribution in [3.05, 3.63) is 56.7 Å². The molecule has 0 aliphatic rings. The van der Waals surface area contributed by atoms with E-state index in [1.165, 1.54) is 12.1 Å². The Morgan fingerprint density at radius 2 is 2.03 bits per heavy atom. The molecule has 3 rings (SSSR count). The minimum atomic E-state index is -4.86. The van der Waals surface area contributed by atoms with Crippen molar-refractivity contribution >= 4 is 23.0 Å². The number of nitrogens with one attached hydrogen (secondary N) is 2. The molecule has 1 aromatic carbocycles. The van der Waals surface area contributed by atoms with Gasteiger partial charge < -0.3 is 15.4 Å². The first-order valence-electron chi connectivity index (χ1n) is 9.03. The van der Waals surface area contributed by atoms with Gasteiger partial charge in [-0.15, -0.1) is 5.10 Å². The molecule has 166 valence electrons. The second-order valence-electron chi connectivity index (χ2n) is 7.09. The molecular formula is C19H17ClF4N4O3. The summed E-state index contributed by atoms with van der Waals surface area (Å²) in [5.41, 5.74) is -0.526. The van der Waals surface area contributed by atoms with Gasteiger partial charge in [0.2, 0.25) is 0 Å². The fourth-order valence-electron chi connectivity index (χ4n) is 3.12. The van der Waals surface area contributed by atoms with Crippen molar-refractivity contribution in [1.29, 1.82) is 0 Å². The Hall–Kier alpha value is -2.92. The Morgan fingerprint density at radius 3 is 2.58 bits per heavy atom. The van der Waals surface area contributed by atoms with Crippen molar-refractivity contribution in [3.63, 3.8) is 0 Å². The van der Waals surface area contributed by atoms with Crippen LogP contribution in [0.4, 0.5) is 17.6 Å². The second-order valence-corrected chi connectivity index (χ2v) is 7.49. The van der Waals surface area contributed by atoms with Crippen LogP contribution >= 0.6 is 11.6 Å². The number of fused-ring (bicyclic) bond motifs is 1. The summed E-state index contributed by atoms with van der Waals surface area (Å²) in [5.74, 6) is -2.32. The Balaban J connectivity index is 2.14. The normalized spacial score (nSPS) is 13.1. The van der Waals surface area contributed by atoms with Gasteiger partial charge in [-0.05, 0) is 24.1 Å². The number of nitrogens with zero attached hydrogens (tertiary/aromatic N) is 2. The zero-order chi connectivity index (χ0) is 23.1. The predicted octanol–water partition coefficient (Wildman–Crippen LogP) is 3.26. The van der Waals surface area contributed by atoms with E-state index in [4.69, 9.17) is 16.7 Å². The van der Waals surface area contributed by atoms with E-state index in [1.807, 2.05) is 0 Å². The van der Waals surface area contributed by atoms with E-state index in [0.29, 0.717) is 0 Å². The third-order valence-corrected chi connectivity index (χ3v) is 4.89. The summed E-state index contributed by atoms with van der Waals surface area (Å²) in [4.78, 5) is 27.8. The standard InChI is InChI=1S/C19H17ClF4N4O3/c1-8(2)14-10(17(30)25-13(7-29)19(22,23)24)6-28-15(14)18(31)26-16(27-28)9-3-4-11(20)12(21)5-9/h3-6,8,13,29H,7H2,1-2H3,(H,25,30)(H,26,27,31). The van der Waals surface area contributed by atoms with Gasteiger partial charge in [0, 0.05) is 17.3 Å². The van der Waals surface area contributed by atoms with E-state index in [1.54, 1.807) is 19.2 Å². The third kappa shape index (κ3) is 4.42. The van der Waals surface area contributed by atoms with Gasteiger partial charge >= 0.3 is 6.18 Å². The molecule has 0 fully saturated rings. The number of carbonyl (C=O) groups is 1. The molecule has 31 heavy (non-hydrogen) atoms. The van der Waals surface area contributed by atoms with Crippen LogP contribution in [0.3, 0.4) is 0 Å². The Kier molecular flexibility index (Phi) is 6.10. The molecule has 0 aliphatic carbocycles. The number of amides is 1. The van der Waals surface area contributed by atoms with Gasteiger partial charge in [-0.25, -0.2) is 8.91 Å². The molecule has 1 atom stereocenters. The average Bonchev–Trinajstić information content (AvgIpc) is 3.07. The van der Waals surface area contributed by atoms with Crippen molar-refractivity contribution < 1.29 is 27.5 Å². The number of hydrogen-bond acceptors (Lipinski definition) is 4. The molecule has 0 spiro atoms. The predicted molar refractivity (Wildman–Crippen MR) is 105 cm³/mol. The molecule has 0 bridgehead atoms. The monoisotopic (exact) mass is 460 g/mol. The number of benzene rings is 1. The number of aliphatic hydroxyl groups is 1. The molecule has 3 N–H and O–H groups in total. The molecule has 0 aliphatic heterocycles. The number of aliphatic hydroxyl groups excluding tert-OH is 1. The highest BCUT2D eigenvalue weighted by Gasteiger charge is 2.41. The molecule has 1 unspecified atom stereocenters. The number of halogens is 5. The van der Waals surface area contributed by atoms with Crippen LogP contribution in [0.15, 0.2) is 29.2 Å². The zero-order valence-corrected chi connectivity index (χ0v) is 17.0.